The topological polar surface area (TPSA) is 61.0 Å². The van der Waals surface area contributed by atoms with Crippen molar-refractivity contribution in [1.82, 2.24) is 9.97 Å². The number of halogens is 4. The summed E-state index contributed by atoms with van der Waals surface area (Å²) in [4.78, 5) is 7.65. The molecule has 2 aromatic heterocycles. The van der Waals surface area contributed by atoms with Crippen LogP contribution in [0.15, 0.2) is 30.6 Å². The highest BCUT2D eigenvalue weighted by Crippen LogP contribution is 2.33. The van der Waals surface area contributed by atoms with Crippen LogP contribution < -0.4 is 10.5 Å². The quantitative estimate of drug-likeness (QED) is 0.638. The lowest BCUT2D eigenvalue weighted by molar-refractivity contribution is 0.141. The smallest absolute Gasteiger partial charge is 0.280 e. The maximum Gasteiger partial charge on any atom is 0.280 e. The molecule has 0 amide bonds. The maximum atomic E-state index is 13.5. The zero-order valence-corrected chi connectivity index (χ0v) is 15.4. The van der Waals surface area contributed by atoms with Gasteiger partial charge in [0, 0.05) is 17.3 Å². The zero-order valence-electron chi connectivity index (χ0n) is 15.4. The molecule has 148 valence electrons. The molecule has 2 heterocycles. The van der Waals surface area contributed by atoms with Crippen molar-refractivity contribution in [3.05, 3.63) is 41.9 Å². The van der Waals surface area contributed by atoms with E-state index < -0.39 is 18.5 Å². The predicted octanol–water partition coefficient (Wildman–Crippen LogP) is 5.16. The molecule has 0 saturated heterocycles. The van der Waals surface area contributed by atoms with Gasteiger partial charge in [-0.3, -0.25) is 9.97 Å². The van der Waals surface area contributed by atoms with Gasteiger partial charge in [-0.25, -0.2) is 17.6 Å². The van der Waals surface area contributed by atoms with Crippen LogP contribution >= 0.6 is 0 Å². The van der Waals surface area contributed by atoms with Gasteiger partial charge >= 0.3 is 0 Å². The summed E-state index contributed by atoms with van der Waals surface area (Å²) in [7, 11) is 0. The second-order valence-corrected chi connectivity index (χ2v) is 7.29. The van der Waals surface area contributed by atoms with E-state index in [9.17, 15) is 17.6 Å². The Morgan fingerprint density at radius 3 is 2.41 bits per heavy atom. The molecule has 0 bridgehead atoms. The fourth-order valence-electron chi connectivity index (χ4n) is 2.82. The minimum absolute atomic E-state index is 0.0291. The largest absolute Gasteiger partial charge is 0.491 e. The van der Waals surface area contributed by atoms with Crippen LogP contribution in [0.2, 0.25) is 0 Å². The molecule has 0 spiro atoms. The van der Waals surface area contributed by atoms with Crippen LogP contribution in [0.25, 0.3) is 11.3 Å². The van der Waals surface area contributed by atoms with Crippen molar-refractivity contribution in [2.75, 3.05) is 6.61 Å². The van der Waals surface area contributed by atoms with Crippen LogP contribution in [0.3, 0.4) is 0 Å². The monoisotopic (exact) mass is 385 g/mol. The van der Waals surface area contributed by atoms with Gasteiger partial charge in [-0.05, 0) is 44.4 Å². The predicted molar refractivity (Wildman–Crippen MR) is 94.9 cm³/mol. The van der Waals surface area contributed by atoms with E-state index in [-0.39, 0.29) is 40.6 Å². The lowest BCUT2D eigenvalue weighted by Gasteiger charge is -2.23. The van der Waals surface area contributed by atoms with E-state index >= 15 is 0 Å². The molecule has 0 unspecified atom stereocenters. The van der Waals surface area contributed by atoms with Crippen molar-refractivity contribution in [2.45, 2.75) is 45.6 Å². The average Bonchev–Trinajstić information content (AvgIpc) is 2.58. The Kier molecular flexibility index (Phi) is 6.75. The molecule has 0 aliphatic carbocycles. The molecule has 1 atom stereocenters. The second kappa shape index (κ2) is 8.65. The number of hydrogen-bond donors (Lipinski definition) is 1. The number of aromatic nitrogens is 2. The van der Waals surface area contributed by atoms with Gasteiger partial charge in [-0.2, -0.15) is 0 Å². The Bertz CT molecular complexity index is 763. The Labute approximate surface area is 155 Å². The summed E-state index contributed by atoms with van der Waals surface area (Å²) in [5.41, 5.74) is 5.22. The SMILES string of the molecule is C[C@H](COc1cnc(-c2ccnc(C(F)F)c2)cc1C(F)F)CC(C)(C)N. The van der Waals surface area contributed by atoms with E-state index in [1.807, 2.05) is 20.8 Å². The number of nitrogens with zero attached hydrogens (tertiary/aromatic N) is 2. The third-order valence-corrected chi connectivity index (χ3v) is 3.83. The highest BCUT2D eigenvalue weighted by Gasteiger charge is 2.20. The van der Waals surface area contributed by atoms with Gasteiger partial charge in [0.1, 0.15) is 11.4 Å². The molecule has 2 aromatic rings. The number of ether oxygens (including phenoxy) is 1. The van der Waals surface area contributed by atoms with Gasteiger partial charge in [-0.15, -0.1) is 0 Å². The summed E-state index contributed by atoms with van der Waals surface area (Å²) in [6, 6.07) is 3.73. The number of rotatable bonds is 8. The van der Waals surface area contributed by atoms with E-state index in [0.29, 0.717) is 6.42 Å². The van der Waals surface area contributed by atoms with Gasteiger partial charge in [-0.1, -0.05) is 6.92 Å². The molecule has 0 aliphatic heterocycles. The van der Waals surface area contributed by atoms with Crippen LogP contribution in [0.1, 0.15) is 51.3 Å². The Balaban J connectivity index is 2.23. The number of pyridine rings is 2. The lowest BCUT2D eigenvalue weighted by atomic mass is 9.93. The molecule has 0 fully saturated rings. The van der Waals surface area contributed by atoms with Gasteiger partial charge in [0.25, 0.3) is 12.9 Å². The molecular formula is C19H23F4N3O. The van der Waals surface area contributed by atoms with Gasteiger partial charge in [0.2, 0.25) is 0 Å². The highest BCUT2D eigenvalue weighted by molar-refractivity contribution is 5.61. The fourth-order valence-corrected chi connectivity index (χ4v) is 2.82. The van der Waals surface area contributed by atoms with Crippen molar-refractivity contribution >= 4 is 0 Å². The van der Waals surface area contributed by atoms with Gasteiger partial charge in [0.15, 0.2) is 0 Å². The number of alkyl halides is 4. The van der Waals surface area contributed by atoms with E-state index in [2.05, 4.69) is 9.97 Å². The van der Waals surface area contributed by atoms with E-state index in [4.69, 9.17) is 10.5 Å². The zero-order chi connectivity index (χ0) is 20.2. The minimum atomic E-state index is -2.79. The van der Waals surface area contributed by atoms with Crippen LogP contribution in [0.4, 0.5) is 17.6 Å². The maximum absolute atomic E-state index is 13.5. The van der Waals surface area contributed by atoms with Gasteiger partial charge < -0.3 is 10.5 Å². The molecule has 0 aliphatic rings. The summed E-state index contributed by atoms with van der Waals surface area (Å²) in [6.45, 7) is 5.90. The van der Waals surface area contributed by atoms with Crippen molar-refractivity contribution in [3.8, 4) is 17.0 Å². The first-order valence-electron chi connectivity index (χ1n) is 8.51. The van der Waals surface area contributed by atoms with Gasteiger partial charge in [0.05, 0.1) is 24.1 Å². The summed E-state index contributed by atoms with van der Waals surface area (Å²) < 4.78 is 58.1. The number of hydrogen-bond acceptors (Lipinski definition) is 4. The van der Waals surface area contributed by atoms with Crippen LogP contribution in [-0.4, -0.2) is 22.1 Å². The summed E-state index contributed by atoms with van der Waals surface area (Å²) in [6.07, 6.45) is -2.49. The molecule has 0 saturated carbocycles. The number of nitrogens with two attached hydrogens (primary N) is 1. The summed E-state index contributed by atoms with van der Waals surface area (Å²) in [5, 5.41) is 0. The van der Waals surface area contributed by atoms with E-state index in [0.717, 1.165) is 12.1 Å². The second-order valence-electron chi connectivity index (χ2n) is 7.29. The Morgan fingerprint density at radius 2 is 1.81 bits per heavy atom. The molecule has 27 heavy (non-hydrogen) atoms. The molecule has 2 rings (SSSR count). The lowest BCUT2D eigenvalue weighted by Crippen LogP contribution is -2.35. The van der Waals surface area contributed by atoms with Crippen molar-refractivity contribution in [1.29, 1.82) is 0 Å². The van der Waals surface area contributed by atoms with Crippen molar-refractivity contribution in [3.63, 3.8) is 0 Å². The molecule has 4 nitrogen and oxygen atoms in total. The van der Waals surface area contributed by atoms with Crippen LogP contribution in [-0.2, 0) is 0 Å². The first-order valence-corrected chi connectivity index (χ1v) is 8.51. The van der Waals surface area contributed by atoms with Crippen LogP contribution in [0.5, 0.6) is 5.75 Å². The normalized spacial score (nSPS) is 13.3. The Morgan fingerprint density at radius 1 is 1.11 bits per heavy atom. The highest BCUT2D eigenvalue weighted by atomic mass is 19.3. The Hall–Kier alpha value is -2.22. The summed E-state index contributed by atoms with van der Waals surface area (Å²) >= 11 is 0. The van der Waals surface area contributed by atoms with E-state index in [1.165, 1.54) is 18.5 Å². The minimum Gasteiger partial charge on any atom is -0.491 e. The van der Waals surface area contributed by atoms with Crippen molar-refractivity contribution < 1.29 is 22.3 Å². The first-order chi connectivity index (χ1) is 12.6. The van der Waals surface area contributed by atoms with Crippen molar-refractivity contribution in [2.24, 2.45) is 11.7 Å². The molecule has 0 radical (unpaired) electrons. The molecule has 0 aromatic carbocycles. The molecule has 2 N–H and O–H groups in total. The average molecular weight is 385 g/mol. The third-order valence-electron chi connectivity index (χ3n) is 3.83. The molecular weight excluding hydrogens is 362 g/mol. The van der Waals surface area contributed by atoms with Crippen LogP contribution in [0, 0.1) is 5.92 Å². The summed E-state index contributed by atoms with van der Waals surface area (Å²) in [5.74, 6) is 0.0302. The standard InChI is InChI=1S/C19H23F4N3O/c1-11(8-19(2,3)24)10-27-16-9-26-14(7-13(16)17(20)21)12-4-5-25-15(6-12)18(22)23/h4-7,9,11,17-18H,8,10,24H2,1-3H3/t11-/m0/s1. The third kappa shape index (κ3) is 6.16. The fraction of sp³-hybridized carbons (Fsp3) is 0.474. The van der Waals surface area contributed by atoms with E-state index in [1.54, 1.807) is 0 Å². The molecule has 8 heteroatoms. The first kappa shape index (κ1) is 21.1.